The molecule has 1 heterocycles. The Balaban J connectivity index is 2.31. The first-order chi connectivity index (χ1) is 10.5. The fourth-order valence-electron chi connectivity index (χ4n) is 2.72. The number of methoxy groups -OCH3 is 1. The normalized spacial score (nSPS) is 19.7. The number of ether oxygens (including phenoxy) is 1. The number of hydrogen-bond donors (Lipinski definition) is 0. The van der Waals surface area contributed by atoms with Crippen LogP contribution in [-0.4, -0.2) is 31.4 Å². The number of carbonyl (C=O) groups excluding carboxylic acids is 1. The lowest BCUT2D eigenvalue weighted by Crippen LogP contribution is -2.41. The van der Waals surface area contributed by atoms with Crippen LogP contribution in [0.4, 0.5) is 0 Å². The van der Waals surface area contributed by atoms with Crippen molar-refractivity contribution in [2.45, 2.75) is 59.2 Å². The van der Waals surface area contributed by atoms with Crippen LogP contribution in [0, 0.1) is 5.41 Å². The number of rotatable bonds is 4. The lowest BCUT2D eigenvalue weighted by atomic mass is 9.72. The molecular weight excluding hydrogens is 291 g/mol. The van der Waals surface area contributed by atoms with Crippen LogP contribution in [0.1, 0.15) is 47.1 Å². The number of carbonyl (C=O) groups is 1. The van der Waals surface area contributed by atoms with E-state index in [4.69, 9.17) is 14.0 Å². The standard InChI is InChI=1S/C18H27BO4/c1-16(2,15(20)21-7)12-13-10-8-9-11-14(13)19-22-17(3,4)18(5,6)23-19/h8-11H,12H2,1-7H3. The number of hydrogen-bond acceptors (Lipinski definition) is 4. The van der Waals surface area contributed by atoms with Gasteiger partial charge in [-0.1, -0.05) is 24.3 Å². The smallest absolute Gasteiger partial charge is 0.469 e. The van der Waals surface area contributed by atoms with E-state index in [-0.39, 0.29) is 17.2 Å². The van der Waals surface area contributed by atoms with Gasteiger partial charge in [-0.05, 0) is 59.0 Å². The summed E-state index contributed by atoms with van der Waals surface area (Å²) in [5.41, 5.74) is 0.643. The molecule has 4 nitrogen and oxygen atoms in total. The molecular formula is C18H27BO4. The first-order valence-corrected chi connectivity index (χ1v) is 8.02. The molecule has 0 bridgehead atoms. The fourth-order valence-corrected chi connectivity index (χ4v) is 2.72. The van der Waals surface area contributed by atoms with Gasteiger partial charge in [0.15, 0.2) is 0 Å². The molecule has 1 fully saturated rings. The van der Waals surface area contributed by atoms with Gasteiger partial charge in [0.1, 0.15) is 0 Å². The number of benzene rings is 1. The Labute approximate surface area is 139 Å². The van der Waals surface area contributed by atoms with Gasteiger partial charge in [-0.15, -0.1) is 0 Å². The molecule has 126 valence electrons. The summed E-state index contributed by atoms with van der Waals surface area (Å²) in [5.74, 6) is -0.221. The van der Waals surface area contributed by atoms with Gasteiger partial charge < -0.3 is 14.0 Å². The van der Waals surface area contributed by atoms with E-state index >= 15 is 0 Å². The molecule has 2 rings (SSSR count). The zero-order chi connectivity index (χ0) is 17.5. The molecule has 0 aliphatic carbocycles. The average Bonchev–Trinajstić information content (AvgIpc) is 2.66. The van der Waals surface area contributed by atoms with Crippen LogP contribution in [0.25, 0.3) is 0 Å². The molecule has 0 saturated carbocycles. The SMILES string of the molecule is COC(=O)C(C)(C)Cc1ccccc1B1OC(C)(C)C(C)(C)O1. The third-order valence-electron chi connectivity index (χ3n) is 4.93. The molecule has 0 amide bonds. The van der Waals surface area contributed by atoms with E-state index in [0.29, 0.717) is 6.42 Å². The summed E-state index contributed by atoms with van der Waals surface area (Å²) in [7, 11) is 0.995. The number of esters is 1. The molecule has 0 N–H and O–H groups in total. The molecule has 1 aromatic carbocycles. The Hall–Kier alpha value is -1.33. The van der Waals surface area contributed by atoms with Gasteiger partial charge in [-0.25, -0.2) is 0 Å². The molecule has 1 aliphatic heterocycles. The predicted octanol–water partition coefficient (Wildman–Crippen LogP) is 2.73. The Morgan fingerprint density at radius 3 is 2.17 bits per heavy atom. The summed E-state index contributed by atoms with van der Waals surface area (Å²) < 4.78 is 17.2. The van der Waals surface area contributed by atoms with Crippen LogP contribution in [0.15, 0.2) is 24.3 Å². The largest absolute Gasteiger partial charge is 0.495 e. The van der Waals surface area contributed by atoms with Crippen molar-refractivity contribution < 1.29 is 18.8 Å². The second-order valence-corrected chi connectivity index (χ2v) is 7.84. The van der Waals surface area contributed by atoms with Gasteiger partial charge in [-0.3, -0.25) is 4.79 Å². The Morgan fingerprint density at radius 2 is 1.65 bits per heavy atom. The van der Waals surface area contributed by atoms with Gasteiger partial charge in [0, 0.05) is 0 Å². The topological polar surface area (TPSA) is 44.8 Å². The maximum Gasteiger partial charge on any atom is 0.495 e. The van der Waals surface area contributed by atoms with E-state index in [9.17, 15) is 4.79 Å². The van der Waals surface area contributed by atoms with Crippen molar-refractivity contribution >= 4 is 18.6 Å². The third-order valence-corrected chi connectivity index (χ3v) is 4.93. The van der Waals surface area contributed by atoms with Gasteiger partial charge in [-0.2, -0.15) is 0 Å². The average molecular weight is 318 g/mol. The molecule has 1 saturated heterocycles. The van der Waals surface area contributed by atoms with Crippen molar-refractivity contribution in [1.82, 2.24) is 0 Å². The van der Waals surface area contributed by atoms with Crippen molar-refractivity contribution in [1.29, 1.82) is 0 Å². The van der Waals surface area contributed by atoms with Crippen molar-refractivity contribution in [3.05, 3.63) is 29.8 Å². The first kappa shape index (κ1) is 18.0. The Kier molecular flexibility index (Phi) is 4.66. The maximum absolute atomic E-state index is 12.0. The molecule has 0 atom stereocenters. The van der Waals surface area contributed by atoms with Crippen molar-refractivity contribution in [3.8, 4) is 0 Å². The summed E-state index contributed by atoms with van der Waals surface area (Å²) in [5, 5.41) is 0. The molecule has 23 heavy (non-hydrogen) atoms. The van der Waals surface area contributed by atoms with Gasteiger partial charge in [0.25, 0.3) is 0 Å². The second-order valence-electron chi connectivity index (χ2n) is 7.84. The van der Waals surface area contributed by atoms with Gasteiger partial charge in [0.05, 0.1) is 23.7 Å². The van der Waals surface area contributed by atoms with Gasteiger partial charge >= 0.3 is 13.1 Å². The second kappa shape index (κ2) is 5.95. The molecule has 5 heteroatoms. The summed E-state index contributed by atoms with van der Waals surface area (Å²) in [6.07, 6.45) is 0.569. The summed E-state index contributed by atoms with van der Waals surface area (Å²) in [4.78, 5) is 12.0. The summed E-state index contributed by atoms with van der Waals surface area (Å²) in [6, 6.07) is 7.96. The minimum atomic E-state index is -0.603. The lowest BCUT2D eigenvalue weighted by molar-refractivity contribution is -0.150. The summed E-state index contributed by atoms with van der Waals surface area (Å²) in [6.45, 7) is 11.9. The highest BCUT2D eigenvalue weighted by Gasteiger charge is 2.52. The van der Waals surface area contributed by atoms with Crippen molar-refractivity contribution in [2.75, 3.05) is 7.11 Å². The van der Waals surface area contributed by atoms with Crippen LogP contribution in [0.2, 0.25) is 0 Å². The molecule has 0 aromatic heterocycles. The van der Waals surface area contributed by atoms with E-state index in [1.54, 1.807) is 0 Å². The lowest BCUT2D eigenvalue weighted by Gasteiger charge is -2.32. The highest BCUT2D eigenvalue weighted by Crippen LogP contribution is 2.37. The molecule has 0 unspecified atom stereocenters. The van der Waals surface area contributed by atoms with Crippen LogP contribution in [0.5, 0.6) is 0 Å². The highest BCUT2D eigenvalue weighted by atomic mass is 16.7. The third kappa shape index (κ3) is 3.46. The Bertz CT molecular complexity index is 576. The van der Waals surface area contributed by atoms with Crippen LogP contribution in [-0.2, 0) is 25.3 Å². The predicted molar refractivity (Wildman–Crippen MR) is 91.7 cm³/mol. The van der Waals surface area contributed by atoms with Crippen LogP contribution < -0.4 is 5.46 Å². The zero-order valence-corrected chi connectivity index (χ0v) is 15.2. The first-order valence-electron chi connectivity index (χ1n) is 8.02. The van der Waals surface area contributed by atoms with E-state index in [0.717, 1.165) is 11.0 Å². The Morgan fingerprint density at radius 1 is 1.13 bits per heavy atom. The van der Waals surface area contributed by atoms with Crippen molar-refractivity contribution in [3.63, 3.8) is 0 Å². The minimum absolute atomic E-state index is 0.221. The zero-order valence-electron chi connectivity index (χ0n) is 15.2. The molecule has 1 aromatic rings. The van der Waals surface area contributed by atoms with E-state index in [1.165, 1.54) is 7.11 Å². The van der Waals surface area contributed by atoms with E-state index in [2.05, 4.69) is 0 Å². The molecule has 0 spiro atoms. The minimum Gasteiger partial charge on any atom is -0.469 e. The molecule has 1 aliphatic rings. The van der Waals surface area contributed by atoms with Crippen LogP contribution in [0.3, 0.4) is 0 Å². The fraction of sp³-hybridized carbons (Fsp3) is 0.611. The van der Waals surface area contributed by atoms with E-state index < -0.39 is 12.5 Å². The maximum atomic E-state index is 12.0. The van der Waals surface area contributed by atoms with Crippen molar-refractivity contribution in [2.24, 2.45) is 5.41 Å². The molecule has 0 radical (unpaired) electrons. The van der Waals surface area contributed by atoms with Gasteiger partial charge in [0.2, 0.25) is 0 Å². The highest BCUT2D eigenvalue weighted by molar-refractivity contribution is 6.62. The van der Waals surface area contributed by atoms with Crippen LogP contribution >= 0.6 is 0 Å². The monoisotopic (exact) mass is 318 g/mol. The quantitative estimate of drug-likeness (QED) is 0.632. The summed E-state index contributed by atoms with van der Waals surface area (Å²) >= 11 is 0. The van der Waals surface area contributed by atoms with E-state index in [1.807, 2.05) is 65.8 Å².